The van der Waals surface area contributed by atoms with Gasteiger partial charge in [-0.3, -0.25) is 4.79 Å². The van der Waals surface area contributed by atoms with Crippen LogP contribution in [0.15, 0.2) is 58.9 Å². The van der Waals surface area contributed by atoms with Crippen molar-refractivity contribution in [3.05, 3.63) is 80.7 Å². The van der Waals surface area contributed by atoms with E-state index in [1.807, 2.05) is 0 Å². The second-order valence-corrected chi connectivity index (χ2v) is 9.29. The third-order valence-corrected chi connectivity index (χ3v) is 7.06. The monoisotopic (exact) mass is 495 g/mol. The average Bonchev–Trinajstić information content (AvgIpc) is 2.85. The predicted molar refractivity (Wildman–Crippen MR) is 135 cm³/mol. The largest absolute Gasteiger partial charge is 0.503 e. The van der Waals surface area contributed by atoms with E-state index in [4.69, 9.17) is 21.1 Å². The van der Waals surface area contributed by atoms with Crippen LogP contribution in [0, 0.1) is 0 Å². The first-order valence-electron chi connectivity index (χ1n) is 11.8. The van der Waals surface area contributed by atoms with Gasteiger partial charge in [0.2, 0.25) is 0 Å². The topological polar surface area (TPSA) is 84.9 Å². The molecule has 2 aromatic rings. The van der Waals surface area contributed by atoms with Gasteiger partial charge in [0.25, 0.3) is 0 Å². The Morgan fingerprint density at radius 1 is 1.14 bits per heavy atom. The molecule has 2 aromatic carbocycles. The highest BCUT2D eigenvalue weighted by Gasteiger charge is 2.41. The van der Waals surface area contributed by atoms with Crippen LogP contribution in [-0.4, -0.2) is 30.6 Å². The van der Waals surface area contributed by atoms with Crippen molar-refractivity contribution in [3.63, 3.8) is 0 Å². The van der Waals surface area contributed by atoms with Gasteiger partial charge in [0.15, 0.2) is 17.3 Å². The summed E-state index contributed by atoms with van der Waals surface area (Å²) in [6, 6.07) is 11.6. The Morgan fingerprint density at radius 2 is 1.86 bits per heavy atom. The molecule has 1 heterocycles. The molecule has 2 aliphatic rings. The number of benzene rings is 2. The zero-order valence-electron chi connectivity index (χ0n) is 20.4. The molecule has 184 valence electrons. The molecule has 35 heavy (non-hydrogen) atoms. The van der Waals surface area contributed by atoms with Gasteiger partial charge in [-0.25, -0.2) is 4.79 Å². The number of rotatable bonds is 6. The summed E-state index contributed by atoms with van der Waals surface area (Å²) >= 11 is 6.33. The summed E-state index contributed by atoms with van der Waals surface area (Å²) in [7, 11) is 1.32. The lowest BCUT2D eigenvalue weighted by molar-refractivity contribution is -0.136. The number of hydrogen-bond donors (Lipinski definition) is 2. The smallest absolute Gasteiger partial charge is 0.336 e. The maximum atomic E-state index is 13.7. The van der Waals surface area contributed by atoms with E-state index >= 15 is 0 Å². The van der Waals surface area contributed by atoms with E-state index in [2.05, 4.69) is 36.5 Å². The van der Waals surface area contributed by atoms with Crippen molar-refractivity contribution >= 4 is 23.4 Å². The molecular weight excluding hydrogens is 466 g/mol. The molecule has 1 aliphatic heterocycles. The highest BCUT2D eigenvalue weighted by atomic mass is 35.5. The van der Waals surface area contributed by atoms with Crippen LogP contribution in [0.1, 0.15) is 62.1 Å². The lowest BCUT2D eigenvalue weighted by Gasteiger charge is -2.36. The average molecular weight is 496 g/mol. The van der Waals surface area contributed by atoms with Crippen LogP contribution in [0.2, 0.25) is 5.02 Å². The molecule has 0 unspecified atom stereocenters. The second kappa shape index (κ2) is 10.2. The van der Waals surface area contributed by atoms with Crippen LogP contribution in [0.5, 0.6) is 11.5 Å². The molecule has 0 spiro atoms. The van der Waals surface area contributed by atoms with E-state index in [0.29, 0.717) is 41.9 Å². The highest BCUT2D eigenvalue weighted by molar-refractivity contribution is 6.32. The minimum Gasteiger partial charge on any atom is -0.503 e. The third kappa shape index (κ3) is 4.67. The zero-order chi connectivity index (χ0) is 25.3. The molecule has 2 atom stereocenters. The number of ether oxygens (including phenoxy) is 2. The molecule has 6 nitrogen and oxygen atoms in total. The molecule has 0 radical (unpaired) electrons. The Hall–Kier alpha value is -3.25. The molecule has 0 saturated heterocycles. The molecular formula is C28H30ClNO5. The molecule has 1 aliphatic carbocycles. The van der Waals surface area contributed by atoms with Gasteiger partial charge in [0.05, 0.1) is 24.3 Å². The minimum atomic E-state index is -0.688. The lowest BCUT2D eigenvalue weighted by Crippen LogP contribution is -2.36. The van der Waals surface area contributed by atoms with Crippen molar-refractivity contribution in [3.8, 4) is 11.5 Å². The fourth-order valence-corrected chi connectivity index (χ4v) is 5.26. The third-order valence-electron chi connectivity index (χ3n) is 6.78. The normalized spacial score (nSPS) is 19.9. The number of methoxy groups -OCH3 is 1. The maximum Gasteiger partial charge on any atom is 0.336 e. The van der Waals surface area contributed by atoms with Crippen LogP contribution in [-0.2, 0) is 20.7 Å². The number of nitrogens with one attached hydrogen (secondary N) is 1. The van der Waals surface area contributed by atoms with Crippen molar-refractivity contribution < 1.29 is 24.2 Å². The number of esters is 1. The summed E-state index contributed by atoms with van der Waals surface area (Å²) in [5.41, 5.74) is 5.25. The first-order valence-corrected chi connectivity index (χ1v) is 12.2. The number of carbonyl (C=O) groups excluding carboxylic acids is 2. The van der Waals surface area contributed by atoms with Crippen LogP contribution >= 0.6 is 11.6 Å². The van der Waals surface area contributed by atoms with E-state index in [-0.39, 0.29) is 28.2 Å². The Kier molecular flexibility index (Phi) is 7.22. The molecule has 2 N–H and O–H groups in total. The summed E-state index contributed by atoms with van der Waals surface area (Å²) in [5, 5.41) is 13.8. The van der Waals surface area contributed by atoms with Gasteiger partial charge in [0.1, 0.15) is 0 Å². The number of phenols is 1. The summed E-state index contributed by atoms with van der Waals surface area (Å²) in [6.07, 6.45) is 1.93. The summed E-state index contributed by atoms with van der Waals surface area (Å²) in [6.45, 7) is 6.04. The van der Waals surface area contributed by atoms with Crippen molar-refractivity contribution in [1.29, 1.82) is 0 Å². The van der Waals surface area contributed by atoms with Crippen molar-refractivity contribution in [2.45, 2.75) is 51.9 Å². The number of aromatic hydroxyl groups is 1. The van der Waals surface area contributed by atoms with Gasteiger partial charge in [-0.1, -0.05) is 42.8 Å². The van der Waals surface area contributed by atoms with Crippen molar-refractivity contribution in [1.82, 2.24) is 5.32 Å². The molecule has 0 saturated carbocycles. The van der Waals surface area contributed by atoms with E-state index in [1.54, 1.807) is 26.0 Å². The van der Waals surface area contributed by atoms with Crippen molar-refractivity contribution in [2.75, 3.05) is 13.7 Å². The summed E-state index contributed by atoms with van der Waals surface area (Å²) < 4.78 is 10.7. The predicted octanol–water partition coefficient (Wildman–Crippen LogP) is 5.54. The Bertz CT molecular complexity index is 1230. The van der Waals surface area contributed by atoms with Crippen LogP contribution in [0.25, 0.3) is 0 Å². The summed E-state index contributed by atoms with van der Waals surface area (Å²) in [5.74, 6) is -1.19. The Labute approximate surface area is 210 Å². The fourth-order valence-electron chi connectivity index (χ4n) is 5.04. The number of phenolic OH excluding ortho intramolecular Hbond substituents is 1. The van der Waals surface area contributed by atoms with E-state index in [1.165, 1.54) is 12.7 Å². The van der Waals surface area contributed by atoms with E-state index < -0.39 is 11.9 Å². The SMILES string of the molecule is CCOc1cc([C@@H]2C(C(=O)OC)=C(C)NC3=C2C(=O)C[C@@H](c2ccc(CC)cc2)C3)cc(Cl)c1O. The molecule has 0 bridgehead atoms. The molecule has 0 amide bonds. The zero-order valence-corrected chi connectivity index (χ0v) is 21.2. The highest BCUT2D eigenvalue weighted by Crippen LogP contribution is 2.48. The molecule has 0 fully saturated rings. The Balaban J connectivity index is 1.82. The van der Waals surface area contributed by atoms with Gasteiger partial charge in [-0.05, 0) is 61.4 Å². The number of allylic oxidation sites excluding steroid dienone is 3. The number of halogens is 1. The van der Waals surface area contributed by atoms with Gasteiger partial charge < -0.3 is 19.9 Å². The Morgan fingerprint density at radius 3 is 2.49 bits per heavy atom. The molecule has 0 aromatic heterocycles. The first-order chi connectivity index (χ1) is 16.8. The number of carbonyl (C=O) groups is 2. The number of hydrogen-bond acceptors (Lipinski definition) is 6. The van der Waals surface area contributed by atoms with Gasteiger partial charge in [0, 0.05) is 29.3 Å². The standard InChI is InChI=1S/C28H30ClNO5/c1-5-16-7-9-17(10-8-16)18-12-21-26(22(31)13-18)25(24(15(3)30-21)28(33)34-4)19-11-20(29)27(32)23(14-19)35-6-2/h7-11,14,18,25,30,32H,5-6,12-13H2,1-4H3/t18-,25+/m0/s1. The van der Waals surface area contributed by atoms with Crippen molar-refractivity contribution in [2.24, 2.45) is 0 Å². The van der Waals surface area contributed by atoms with Crippen LogP contribution in [0.3, 0.4) is 0 Å². The number of Topliss-reactive ketones (excluding diaryl/α,β-unsaturated/α-hetero) is 1. The minimum absolute atomic E-state index is 0.0372. The van der Waals surface area contributed by atoms with Crippen LogP contribution < -0.4 is 10.1 Å². The van der Waals surface area contributed by atoms with E-state index in [9.17, 15) is 14.7 Å². The van der Waals surface area contributed by atoms with Gasteiger partial charge >= 0.3 is 5.97 Å². The number of ketones is 1. The molecule has 4 rings (SSSR count). The summed E-state index contributed by atoms with van der Waals surface area (Å²) in [4.78, 5) is 26.5. The molecule has 7 heteroatoms. The lowest BCUT2D eigenvalue weighted by atomic mass is 9.71. The number of dihydropyridines is 1. The quantitative estimate of drug-likeness (QED) is 0.512. The van der Waals surface area contributed by atoms with Gasteiger partial charge in [-0.15, -0.1) is 0 Å². The van der Waals surface area contributed by atoms with Gasteiger partial charge in [-0.2, -0.15) is 0 Å². The van der Waals surface area contributed by atoms with Crippen LogP contribution in [0.4, 0.5) is 0 Å². The van der Waals surface area contributed by atoms with E-state index in [0.717, 1.165) is 17.7 Å². The maximum absolute atomic E-state index is 13.7. The fraction of sp³-hybridized carbons (Fsp3) is 0.357. The first kappa shape index (κ1) is 24.9. The second-order valence-electron chi connectivity index (χ2n) is 8.89. The number of aryl methyl sites for hydroxylation is 1.